The molecule has 0 saturated carbocycles. The normalized spacial score (nSPS) is 23.7. The summed E-state index contributed by atoms with van der Waals surface area (Å²) in [5.41, 5.74) is 7.71. The molecule has 0 spiro atoms. The van der Waals surface area contributed by atoms with Gasteiger partial charge in [-0.1, -0.05) is 76.2 Å². The Morgan fingerprint density at radius 1 is 0.696 bits per heavy atom. The Morgan fingerprint density at radius 2 is 1.27 bits per heavy atom. The van der Waals surface area contributed by atoms with Crippen LogP contribution in [0.25, 0.3) is 10.9 Å². The molecule has 1 fully saturated rings. The fraction of sp³-hybridized carbons (Fsp3) is 0.488. The van der Waals surface area contributed by atoms with Crippen LogP contribution in [0.5, 0.6) is 0 Å². The van der Waals surface area contributed by atoms with E-state index in [0.717, 1.165) is 16.5 Å². The highest BCUT2D eigenvalue weighted by Gasteiger charge is 2.35. The second-order valence-electron chi connectivity index (χ2n) is 15.4. The zero-order valence-corrected chi connectivity index (χ0v) is 32.8. The van der Waals surface area contributed by atoms with Gasteiger partial charge in [-0.2, -0.15) is 0 Å². The Hall–Kier alpha value is -5.57. The molecule has 0 aliphatic carbocycles. The number of aromatic amines is 1. The van der Waals surface area contributed by atoms with Crippen molar-refractivity contribution in [3.05, 3.63) is 71.9 Å². The average Bonchev–Trinajstić information content (AvgIpc) is 3.56. The standard InChI is InChI=1S/C41H56N8O7/c1-23(2)17-31-37(52)25(5)45-32(18-24(3)4)40(55)47-30(15-16-35(42)50)39(54)49-34(20-27-21-43-29-14-10-9-13-28(27)29)41(56)48-33(19-26-11-7-6-8-12-26)38(53)44-22-36(51)46-31/h6-14,21,23-25,30-34,43,45H,15-20,22H2,1-5H3,(H2,42,50)(H,44,53)(H,46,51)(H,47,55)(H,48,56)(H,49,54)/t25?,30-,31-,32-,33-,34-/m0/s1. The number of ketones is 1. The summed E-state index contributed by atoms with van der Waals surface area (Å²) in [4.78, 5) is 98.4. The van der Waals surface area contributed by atoms with Crippen LogP contribution in [0, 0.1) is 11.8 Å². The molecule has 56 heavy (non-hydrogen) atoms. The van der Waals surface area contributed by atoms with Crippen LogP contribution in [0.3, 0.4) is 0 Å². The smallest absolute Gasteiger partial charge is 0.243 e. The molecule has 1 aliphatic rings. The number of amides is 6. The highest BCUT2D eigenvalue weighted by atomic mass is 16.2. The molecular formula is C41H56N8O7. The largest absolute Gasteiger partial charge is 0.370 e. The minimum absolute atomic E-state index is 0.00541. The first-order valence-electron chi connectivity index (χ1n) is 19.3. The number of para-hydroxylation sites is 1. The minimum Gasteiger partial charge on any atom is -0.370 e. The SMILES string of the molecule is CC(C)C[C@@H]1NC(C)C(=O)[C@H](CC(C)C)NC(=O)CNC(=O)[C@H](Cc2ccccc2)NC(=O)[C@H](Cc2c[nH]c3ccccc23)NC(=O)[C@H](CCC(N)=O)NC1=O. The summed E-state index contributed by atoms with van der Waals surface area (Å²) < 4.78 is 0. The first kappa shape index (κ1) is 43.2. The van der Waals surface area contributed by atoms with Gasteiger partial charge in [-0.3, -0.25) is 38.9 Å². The third kappa shape index (κ3) is 12.8. The van der Waals surface area contributed by atoms with Gasteiger partial charge in [0, 0.05) is 36.4 Å². The minimum atomic E-state index is -1.30. The quantitative estimate of drug-likeness (QED) is 0.141. The number of nitrogens with two attached hydrogens (primary N) is 1. The molecule has 1 unspecified atom stereocenters. The summed E-state index contributed by atoms with van der Waals surface area (Å²) in [5.74, 6) is -4.37. The van der Waals surface area contributed by atoms with Gasteiger partial charge in [0.1, 0.15) is 18.1 Å². The molecule has 6 atom stereocenters. The molecule has 0 bridgehead atoms. The van der Waals surface area contributed by atoms with Gasteiger partial charge in [0.15, 0.2) is 5.78 Å². The van der Waals surface area contributed by atoms with Crippen molar-refractivity contribution in [3.8, 4) is 0 Å². The number of carbonyl (C=O) groups is 7. The number of fused-ring (bicyclic) bond motifs is 1. The number of Topliss-reactive ketones (excluding diaryl/α,β-unsaturated/α-hetero) is 1. The first-order valence-corrected chi connectivity index (χ1v) is 19.3. The molecule has 0 radical (unpaired) electrons. The van der Waals surface area contributed by atoms with Gasteiger partial charge in [-0.25, -0.2) is 0 Å². The lowest BCUT2D eigenvalue weighted by Gasteiger charge is -2.29. The molecule has 6 amide bonds. The number of rotatable bonds is 11. The molecule has 302 valence electrons. The number of carbonyl (C=O) groups excluding carboxylic acids is 7. The Labute approximate surface area is 327 Å². The molecule has 15 heteroatoms. The molecular weight excluding hydrogens is 716 g/mol. The van der Waals surface area contributed by atoms with Crippen molar-refractivity contribution in [2.75, 3.05) is 6.54 Å². The van der Waals surface area contributed by atoms with Crippen LogP contribution in [-0.4, -0.2) is 89.0 Å². The number of primary amides is 1. The van der Waals surface area contributed by atoms with Crippen molar-refractivity contribution >= 4 is 52.1 Å². The highest BCUT2D eigenvalue weighted by Crippen LogP contribution is 2.20. The van der Waals surface area contributed by atoms with Crippen LogP contribution in [-0.2, 0) is 46.4 Å². The van der Waals surface area contributed by atoms with E-state index in [1.165, 1.54) is 0 Å². The van der Waals surface area contributed by atoms with E-state index in [0.29, 0.717) is 12.0 Å². The Morgan fingerprint density at radius 3 is 1.93 bits per heavy atom. The monoisotopic (exact) mass is 772 g/mol. The van der Waals surface area contributed by atoms with Crippen LogP contribution in [0.15, 0.2) is 60.8 Å². The third-order valence-electron chi connectivity index (χ3n) is 9.67. The molecule has 9 N–H and O–H groups in total. The van der Waals surface area contributed by atoms with Crippen LogP contribution in [0.1, 0.15) is 71.4 Å². The fourth-order valence-corrected chi connectivity index (χ4v) is 6.82. The van der Waals surface area contributed by atoms with Crippen molar-refractivity contribution in [2.24, 2.45) is 17.6 Å². The summed E-state index contributed by atoms with van der Waals surface area (Å²) in [6.45, 7) is 8.75. The number of benzene rings is 2. The lowest BCUT2D eigenvalue weighted by atomic mass is 9.95. The summed E-state index contributed by atoms with van der Waals surface area (Å²) in [6.07, 6.45) is 1.95. The van der Waals surface area contributed by atoms with Gasteiger partial charge in [-0.05, 0) is 55.2 Å². The summed E-state index contributed by atoms with van der Waals surface area (Å²) in [6, 6.07) is 9.91. The predicted molar refractivity (Wildman–Crippen MR) is 212 cm³/mol. The zero-order chi connectivity index (χ0) is 40.9. The zero-order valence-electron chi connectivity index (χ0n) is 32.8. The first-order chi connectivity index (χ1) is 26.6. The Bertz CT molecular complexity index is 1860. The van der Waals surface area contributed by atoms with E-state index >= 15 is 0 Å². The topological polar surface area (TPSA) is 233 Å². The molecule has 15 nitrogen and oxygen atoms in total. The molecule has 1 aromatic heterocycles. The van der Waals surface area contributed by atoms with Crippen molar-refractivity contribution in [1.29, 1.82) is 0 Å². The van der Waals surface area contributed by atoms with Crippen molar-refractivity contribution in [1.82, 2.24) is 36.9 Å². The molecule has 2 heterocycles. The van der Waals surface area contributed by atoms with E-state index in [1.54, 1.807) is 37.4 Å². The van der Waals surface area contributed by atoms with Gasteiger partial charge in [0.25, 0.3) is 0 Å². The Kier molecular flexibility index (Phi) is 15.7. The number of hydrogen-bond acceptors (Lipinski definition) is 8. The summed E-state index contributed by atoms with van der Waals surface area (Å²) in [5, 5.41) is 17.6. The van der Waals surface area contributed by atoms with E-state index in [4.69, 9.17) is 5.73 Å². The molecule has 1 aliphatic heterocycles. The predicted octanol–water partition coefficient (Wildman–Crippen LogP) is 1.30. The van der Waals surface area contributed by atoms with Crippen LogP contribution >= 0.6 is 0 Å². The van der Waals surface area contributed by atoms with Gasteiger partial charge < -0.3 is 37.3 Å². The lowest BCUT2D eigenvalue weighted by Crippen LogP contribution is -2.59. The van der Waals surface area contributed by atoms with Crippen LogP contribution in [0.4, 0.5) is 0 Å². The van der Waals surface area contributed by atoms with E-state index in [9.17, 15) is 33.6 Å². The van der Waals surface area contributed by atoms with Gasteiger partial charge in [0.2, 0.25) is 35.4 Å². The van der Waals surface area contributed by atoms with E-state index in [1.807, 2.05) is 58.0 Å². The van der Waals surface area contributed by atoms with Gasteiger partial charge in [0.05, 0.1) is 24.7 Å². The second kappa shape index (κ2) is 20.4. The van der Waals surface area contributed by atoms with E-state index in [-0.39, 0.29) is 49.7 Å². The van der Waals surface area contributed by atoms with Gasteiger partial charge >= 0.3 is 0 Å². The van der Waals surface area contributed by atoms with Crippen LogP contribution < -0.4 is 37.6 Å². The molecule has 1 saturated heterocycles. The second-order valence-corrected chi connectivity index (χ2v) is 15.4. The van der Waals surface area contributed by atoms with Crippen molar-refractivity contribution in [2.45, 2.75) is 109 Å². The van der Waals surface area contributed by atoms with E-state index in [2.05, 4.69) is 36.9 Å². The fourth-order valence-electron chi connectivity index (χ4n) is 6.82. The maximum Gasteiger partial charge on any atom is 0.243 e. The molecule has 4 rings (SSSR count). The molecule has 2 aromatic carbocycles. The number of hydrogen-bond donors (Lipinski definition) is 8. The third-order valence-corrected chi connectivity index (χ3v) is 9.67. The van der Waals surface area contributed by atoms with Crippen LogP contribution in [0.2, 0.25) is 0 Å². The highest BCUT2D eigenvalue weighted by molar-refractivity contribution is 5.98. The number of H-pyrrole nitrogens is 1. The molecule has 3 aromatic rings. The maximum atomic E-state index is 14.3. The number of aromatic nitrogens is 1. The number of nitrogens with one attached hydrogen (secondary N) is 7. The lowest BCUT2D eigenvalue weighted by molar-refractivity contribution is -0.134. The average molecular weight is 773 g/mol. The van der Waals surface area contributed by atoms with Crippen molar-refractivity contribution < 1.29 is 33.6 Å². The van der Waals surface area contributed by atoms with E-state index < -0.39 is 78.2 Å². The van der Waals surface area contributed by atoms with Gasteiger partial charge in [-0.15, -0.1) is 0 Å². The summed E-state index contributed by atoms with van der Waals surface area (Å²) >= 11 is 0. The Balaban J connectivity index is 1.77. The summed E-state index contributed by atoms with van der Waals surface area (Å²) in [7, 11) is 0. The maximum absolute atomic E-state index is 14.3. The van der Waals surface area contributed by atoms with Crippen molar-refractivity contribution in [3.63, 3.8) is 0 Å².